The molecule has 1 aromatic heterocycles. The predicted molar refractivity (Wildman–Crippen MR) is 58.4 cm³/mol. The summed E-state index contributed by atoms with van der Waals surface area (Å²) >= 11 is 0. The molecule has 1 atom stereocenters. The fourth-order valence-electron chi connectivity index (χ4n) is 2.86. The molecule has 0 bridgehead atoms. The normalized spacial score (nSPS) is 21.7. The minimum absolute atomic E-state index is 0.0126. The molecule has 0 saturated heterocycles. The zero-order valence-electron chi connectivity index (χ0n) is 8.95. The Morgan fingerprint density at radius 3 is 2.73 bits per heavy atom. The molecule has 0 amide bonds. The summed E-state index contributed by atoms with van der Waals surface area (Å²) in [4.78, 5) is 0. The second kappa shape index (κ2) is 4.33. The van der Waals surface area contributed by atoms with Gasteiger partial charge in [0.25, 0.3) is 0 Å². The molecule has 4 N–H and O–H groups in total. The summed E-state index contributed by atoms with van der Waals surface area (Å²) in [5, 5.41) is 16.6. The van der Waals surface area contributed by atoms with Gasteiger partial charge in [0.1, 0.15) is 0 Å². The summed E-state index contributed by atoms with van der Waals surface area (Å²) in [6, 6.07) is 1.97. The minimum Gasteiger partial charge on any atom is -0.396 e. The van der Waals surface area contributed by atoms with Crippen LogP contribution in [0.3, 0.4) is 0 Å². The Hall–Kier alpha value is -0.870. The number of aliphatic hydroxyl groups is 1. The molecular formula is C11H19N3O. The Kier molecular flexibility index (Phi) is 3.07. The van der Waals surface area contributed by atoms with E-state index < -0.39 is 0 Å². The zero-order chi connectivity index (χ0) is 10.7. The van der Waals surface area contributed by atoms with Gasteiger partial charge in [-0.25, -0.2) is 0 Å². The van der Waals surface area contributed by atoms with Crippen LogP contribution in [0.2, 0.25) is 0 Å². The molecule has 0 aromatic carbocycles. The van der Waals surface area contributed by atoms with Crippen LogP contribution in [0, 0.1) is 5.41 Å². The van der Waals surface area contributed by atoms with Crippen molar-refractivity contribution >= 4 is 0 Å². The number of rotatable bonds is 4. The Balaban J connectivity index is 2.24. The largest absolute Gasteiger partial charge is 0.396 e. The van der Waals surface area contributed by atoms with Crippen LogP contribution in [0.15, 0.2) is 12.3 Å². The van der Waals surface area contributed by atoms with Crippen molar-refractivity contribution in [2.45, 2.75) is 31.6 Å². The maximum atomic E-state index is 9.63. The molecule has 0 aliphatic heterocycles. The minimum atomic E-state index is -0.0126. The van der Waals surface area contributed by atoms with Gasteiger partial charge in [0, 0.05) is 36.4 Å². The molecule has 0 unspecified atom stereocenters. The topological polar surface area (TPSA) is 74.9 Å². The standard InChI is InChI=1S/C11H19N3O/c12-7-9(10-3-6-13-14-10)11(8-15)4-1-2-5-11/h3,6,9,15H,1-2,4-5,7-8,12H2,(H,13,14)/t9-/m0/s1. The van der Waals surface area contributed by atoms with Gasteiger partial charge in [-0.3, -0.25) is 5.10 Å². The molecule has 4 nitrogen and oxygen atoms in total. The summed E-state index contributed by atoms with van der Waals surface area (Å²) in [6.45, 7) is 0.802. The first-order valence-corrected chi connectivity index (χ1v) is 5.62. The highest BCUT2D eigenvalue weighted by Gasteiger charge is 2.41. The number of aromatic amines is 1. The van der Waals surface area contributed by atoms with Gasteiger partial charge < -0.3 is 10.8 Å². The summed E-state index contributed by atoms with van der Waals surface area (Å²) in [5.41, 5.74) is 6.90. The molecule has 1 saturated carbocycles. The lowest BCUT2D eigenvalue weighted by molar-refractivity contribution is 0.101. The summed E-state index contributed by atoms with van der Waals surface area (Å²) < 4.78 is 0. The first-order chi connectivity index (χ1) is 7.32. The fraction of sp³-hybridized carbons (Fsp3) is 0.727. The quantitative estimate of drug-likeness (QED) is 0.692. The number of hydrogen-bond acceptors (Lipinski definition) is 3. The van der Waals surface area contributed by atoms with Crippen molar-refractivity contribution in [3.05, 3.63) is 18.0 Å². The third-order valence-corrected chi connectivity index (χ3v) is 3.79. The molecule has 1 aromatic rings. The average molecular weight is 209 g/mol. The molecule has 0 spiro atoms. The first kappa shape index (κ1) is 10.6. The SMILES string of the molecule is NC[C@@H](c1ccn[nH]1)C1(CO)CCCC1. The summed E-state index contributed by atoms with van der Waals surface area (Å²) in [6.07, 6.45) is 6.29. The molecule has 0 radical (unpaired) electrons. The van der Waals surface area contributed by atoms with Crippen molar-refractivity contribution < 1.29 is 5.11 Å². The highest BCUT2D eigenvalue weighted by Crippen LogP contribution is 2.47. The number of aliphatic hydroxyl groups excluding tert-OH is 1. The number of nitrogens with two attached hydrogens (primary N) is 1. The van der Waals surface area contributed by atoms with Crippen molar-refractivity contribution in [1.29, 1.82) is 0 Å². The number of nitrogens with zero attached hydrogens (tertiary/aromatic N) is 1. The van der Waals surface area contributed by atoms with Crippen molar-refractivity contribution in [1.82, 2.24) is 10.2 Å². The van der Waals surface area contributed by atoms with Crippen LogP contribution in [-0.2, 0) is 0 Å². The van der Waals surface area contributed by atoms with Crippen LogP contribution in [0.25, 0.3) is 0 Å². The van der Waals surface area contributed by atoms with Crippen molar-refractivity contribution in [2.24, 2.45) is 11.1 Å². The molecule has 1 fully saturated rings. The van der Waals surface area contributed by atoms with Gasteiger partial charge in [-0.1, -0.05) is 12.8 Å². The third kappa shape index (κ3) is 1.79. The Labute approximate surface area is 89.9 Å². The molecule has 84 valence electrons. The van der Waals surface area contributed by atoms with Gasteiger partial charge in [-0.15, -0.1) is 0 Å². The number of aromatic nitrogens is 2. The zero-order valence-corrected chi connectivity index (χ0v) is 8.95. The van der Waals surface area contributed by atoms with Crippen LogP contribution < -0.4 is 5.73 Å². The van der Waals surface area contributed by atoms with Gasteiger partial charge in [0.15, 0.2) is 0 Å². The molecule has 4 heteroatoms. The van der Waals surface area contributed by atoms with Crippen molar-refractivity contribution in [3.63, 3.8) is 0 Å². The molecule has 1 aliphatic rings. The average Bonchev–Trinajstić information content (AvgIpc) is 2.90. The van der Waals surface area contributed by atoms with E-state index in [0.717, 1.165) is 18.5 Å². The van der Waals surface area contributed by atoms with E-state index >= 15 is 0 Å². The number of hydrogen-bond donors (Lipinski definition) is 3. The van der Waals surface area contributed by atoms with E-state index in [2.05, 4.69) is 10.2 Å². The van der Waals surface area contributed by atoms with Gasteiger partial charge in [0.05, 0.1) is 0 Å². The lowest BCUT2D eigenvalue weighted by Crippen LogP contribution is -2.35. The molecule has 15 heavy (non-hydrogen) atoms. The smallest absolute Gasteiger partial charge is 0.0494 e. The van der Waals surface area contributed by atoms with Crippen molar-refractivity contribution in [3.8, 4) is 0 Å². The van der Waals surface area contributed by atoms with E-state index in [-0.39, 0.29) is 17.9 Å². The summed E-state index contributed by atoms with van der Waals surface area (Å²) in [5.74, 6) is 0.215. The fourth-order valence-corrected chi connectivity index (χ4v) is 2.86. The number of nitrogens with one attached hydrogen (secondary N) is 1. The maximum absolute atomic E-state index is 9.63. The van der Waals surface area contributed by atoms with Gasteiger partial charge >= 0.3 is 0 Å². The molecular weight excluding hydrogens is 190 g/mol. The Morgan fingerprint density at radius 2 is 2.27 bits per heavy atom. The van der Waals surface area contributed by atoms with E-state index in [1.807, 2.05) is 6.07 Å². The predicted octanol–water partition coefficient (Wildman–Crippen LogP) is 1.00. The third-order valence-electron chi connectivity index (χ3n) is 3.79. The lowest BCUT2D eigenvalue weighted by Gasteiger charge is -2.34. The van der Waals surface area contributed by atoms with E-state index in [1.165, 1.54) is 12.8 Å². The van der Waals surface area contributed by atoms with E-state index in [4.69, 9.17) is 5.73 Å². The van der Waals surface area contributed by atoms with Gasteiger partial charge in [-0.05, 0) is 18.9 Å². The van der Waals surface area contributed by atoms with Crippen LogP contribution >= 0.6 is 0 Å². The second-order valence-electron chi connectivity index (χ2n) is 4.53. The number of H-pyrrole nitrogens is 1. The molecule has 1 aliphatic carbocycles. The first-order valence-electron chi connectivity index (χ1n) is 5.62. The van der Waals surface area contributed by atoms with Gasteiger partial charge in [0.2, 0.25) is 0 Å². The Bertz CT molecular complexity index is 291. The van der Waals surface area contributed by atoms with Crippen molar-refractivity contribution in [2.75, 3.05) is 13.2 Å². The highest BCUT2D eigenvalue weighted by molar-refractivity contribution is 5.13. The Morgan fingerprint density at radius 1 is 1.53 bits per heavy atom. The van der Waals surface area contributed by atoms with Crippen LogP contribution in [0.4, 0.5) is 0 Å². The second-order valence-corrected chi connectivity index (χ2v) is 4.53. The monoisotopic (exact) mass is 209 g/mol. The summed E-state index contributed by atoms with van der Waals surface area (Å²) in [7, 11) is 0. The van der Waals surface area contributed by atoms with E-state index in [0.29, 0.717) is 6.54 Å². The van der Waals surface area contributed by atoms with E-state index in [9.17, 15) is 5.11 Å². The maximum Gasteiger partial charge on any atom is 0.0494 e. The van der Waals surface area contributed by atoms with Gasteiger partial charge in [-0.2, -0.15) is 5.10 Å². The molecule has 1 heterocycles. The lowest BCUT2D eigenvalue weighted by atomic mass is 9.73. The van der Waals surface area contributed by atoms with Crippen LogP contribution in [-0.4, -0.2) is 28.5 Å². The highest BCUT2D eigenvalue weighted by atomic mass is 16.3. The van der Waals surface area contributed by atoms with Crippen LogP contribution in [0.1, 0.15) is 37.3 Å². The van der Waals surface area contributed by atoms with E-state index in [1.54, 1.807) is 6.20 Å². The molecule has 2 rings (SSSR count). The van der Waals surface area contributed by atoms with Crippen LogP contribution in [0.5, 0.6) is 0 Å².